The Kier molecular flexibility index (Phi) is 4.13. The fraction of sp³-hybridized carbons (Fsp3) is 0.412. The molecule has 0 N–H and O–H groups in total. The molecule has 3 rings (SSSR count). The zero-order valence-corrected chi connectivity index (χ0v) is 12.4. The second kappa shape index (κ2) is 6.22. The van der Waals surface area contributed by atoms with Crippen LogP contribution in [0.2, 0.25) is 0 Å². The molecule has 5 nitrogen and oxygen atoms in total. The molecule has 1 saturated carbocycles. The number of allylic oxidation sites excluding steroid dienone is 4. The summed E-state index contributed by atoms with van der Waals surface area (Å²) < 4.78 is 16.2. The second-order valence-electron chi connectivity index (χ2n) is 5.78. The molecule has 0 bridgehead atoms. The number of aldehydes is 1. The smallest absolute Gasteiger partial charge is 0.174 e. The van der Waals surface area contributed by atoms with Crippen LogP contribution in [0, 0.1) is 5.92 Å². The van der Waals surface area contributed by atoms with Gasteiger partial charge in [-0.1, -0.05) is 0 Å². The summed E-state index contributed by atoms with van der Waals surface area (Å²) in [6, 6.07) is 0. The van der Waals surface area contributed by atoms with Gasteiger partial charge in [0, 0.05) is 23.5 Å². The van der Waals surface area contributed by atoms with Gasteiger partial charge < -0.3 is 14.2 Å². The first-order valence-corrected chi connectivity index (χ1v) is 7.34. The highest BCUT2D eigenvalue weighted by molar-refractivity contribution is 5.82. The molecule has 3 aliphatic rings. The maximum absolute atomic E-state index is 11.3. The Labute approximate surface area is 128 Å². The molecule has 0 radical (unpaired) electrons. The summed E-state index contributed by atoms with van der Waals surface area (Å²) in [6.45, 7) is 2.01. The molecule has 0 aromatic carbocycles. The van der Waals surface area contributed by atoms with Gasteiger partial charge in [-0.15, -0.1) is 0 Å². The van der Waals surface area contributed by atoms with Gasteiger partial charge in [0.2, 0.25) is 0 Å². The van der Waals surface area contributed by atoms with E-state index in [2.05, 4.69) is 0 Å². The predicted octanol–water partition coefficient (Wildman–Crippen LogP) is 2.56. The molecule has 5 heteroatoms. The molecule has 0 spiro atoms. The lowest BCUT2D eigenvalue weighted by atomic mass is 10.0. The minimum absolute atomic E-state index is 0.127. The fourth-order valence-electron chi connectivity index (χ4n) is 2.59. The monoisotopic (exact) mass is 302 g/mol. The standard InChI is InChI=1S/C17H18O5/c1-11-13(7-18)2-3-21-17(11)10-22-16-6-14(16)4-12-5-15(19)9-20-8-12/h2-3,7-8,10,14,16H,4-6,9H2,1H3/b17-10-/t14?,16-/m0/s1. The molecule has 116 valence electrons. The number of hydrogen-bond donors (Lipinski definition) is 0. The van der Waals surface area contributed by atoms with E-state index in [9.17, 15) is 9.59 Å². The van der Waals surface area contributed by atoms with Crippen LogP contribution < -0.4 is 0 Å². The number of ketones is 1. The average Bonchev–Trinajstić information content (AvgIpc) is 3.24. The summed E-state index contributed by atoms with van der Waals surface area (Å²) >= 11 is 0. The normalized spacial score (nSPS) is 28.9. The topological polar surface area (TPSA) is 61.8 Å². The van der Waals surface area contributed by atoms with Gasteiger partial charge in [-0.2, -0.15) is 0 Å². The summed E-state index contributed by atoms with van der Waals surface area (Å²) in [4.78, 5) is 22.2. The predicted molar refractivity (Wildman–Crippen MR) is 78.3 cm³/mol. The van der Waals surface area contributed by atoms with Crippen LogP contribution in [0.25, 0.3) is 0 Å². The molecular weight excluding hydrogens is 284 g/mol. The summed E-state index contributed by atoms with van der Waals surface area (Å²) in [5.74, 6) is 1.10. The molecular formula is C17H18O5. The van der Waals surface area contributed by atoms with Crippen molar-refractivity contribution >= 4 is 12.1 Å². The third-order valence-electron chi connectivity index (χ3n) is 4.02. The Hall–Kier alpha value is -2.30. The maximum Gasteiger partial charge on any atom is 0.174 e. The highest BCUT2D eigenvalue weighted by atomic mass is 16.5. The Morgan fingerprint density at radius 3 is 3.09 bits per heavy atom. The Bertz CT molecular complexity index is 609. The van der Waals surface area contributed by atoms with Crippen molar-refractivity contribution in [2.24, 2.45) is 5.92 Å². The van der Waals surface area contributed by atoms with Crippen LogP contribution in [0.1, 0.15) is 26.2 Å². The first-order chi connectivity index (χ1) is 10.7. The number of carbonyl (C=O) groups is 2. The van der Waals surface area contributed by atoms with E-state index < -0.39 is 0 Å². The van der Waals surface area contributed by atoms with E-state index in [1.165, 1.54) is 6.26 Å². The third-order valence-corrected chi connectivity index (χ3v) is 4.02. The Morgan fingerprint density at radius 1 is 1.45 bits per heavy atom. The first-order valence-electron chi connectivity index (χ1n) is 7.34. The van der Waals surface area contributed by atoms with Crippen molar-refractivity contribution < 1.29 is 23.8 Å². The van der Waals surface area contributed by atoms with E-state index in [0.29, 0.717) is 23.7 Å². The Balaban J connectivity index is 1.52. The van der Waals surface area contributed by atoms with Crippen LogP contribution in [-0.2, 0) is 23.8 Å². The number of Topliss-reactive ketones (excluding diaryl/α,β-unsaturated/α-hetero) is 1. The highest BCUT2D eigenvalue weighted by Crippen LogP contribution is 2.40. The molecule has 1 unspecified atom stereocenters. The van der Waals surface area contributed by atoms with Crippen molar-refractivity contribution in [2.45, 2.75) is 32.3 Å². The zero-order chi connectivity index (χ0) is 15.5. The summed E-state index contributed by atoms with van der Waals surface area (Å²) in [5, 5.41) is 0. The van der Waals surface area contributed by atoms with Gasteiger partial charge in [0.1, 0.15) is 19.0 Å². The molecule has 0 saturated heterocycles. The average molecular weight is 302 g/mol. The van der Waals surface area contributed by atoms with Crippen molar-refractivity contribution in [1.82, 2.24) is 0 Å². The van der Waals surface area contributed by atoms with Crippen molar-refractivity contribution in [3.8, 4) is 0 Å². The van der Waals surface area contributed by atoms with Crippen LogP contribution in [-0.4, -0.2) is 24.8 Å². The van der Waals surface area contributed by atoms with Crippen LogP contribution in [0.3, 0.4) is 0 Å². The van der Waals surface area contributed by atoms with E-state index in [1.54, 1.807) is 18.6 Å². The molecule has 0 amide bonds. The van der Waals surface area contributed by atoms with Gasteiger partial charge >= 0.3 is 0 Å². The third kappa shape index (κ3) is 3.30. The van der Waals surface area contributed by atoms with Crippen LogP contribution >= 0.6 is 0 Å². The summed E-state index contributed by atoms with van der Waals surface area (Å²) in [5.41, 5.74) is 2.40. The van der Waals surface area contributed by atoms with Crippen LogP contribution in [0.4, 0.5) is 0 Å². The van der Waals surface area contributed by atoms with Crippen LogP contribution in [0.5, 0.6) is 0 Å². The van der Waals surface area contributed by atoms with E-state index in [4.69, 9.17) is 14.2 Å². The number of ether oxygens (including phenoxy) is 3. The fourth-order valence-corrected chi connectivity index (χ4v) is 2.59. The van der Waals surface area contributed by atoms with E-state index in [1.807, 2.05) is 6.92 Å². The first kappa shape index (κ1) is 14.6. The van der Waals surface area contributed by atoms with E-state index >= 15 is 0 Å². The number of carbonyl (C=O) groups excluding carboxylic acids is 2. The van der Waals surface area contributed by atoms with E-state index in [0.717, 1.165) is 30.3 Å². The molecule has 0 aromatic heterocycles. The maximum atomic E-state index is 11.3. The molecule has 2 atom stereocenters. The quantitative estimate of drug-likeness (QED) is 0.577. The molecule has 1 fully saturated rings. The lowest BCUT2D eigenvalue weighted by Crippen LogP contribution is -2.13. The molecule has 0 aromatic rings. The molecule has 2 aliphatic heterocycles. The van der Waals surface area contributed by atoms with Gasteiger partial charge in [0.05, 0.1) is 12.5 Å². The summed E-state index contributed by atoms with van der Waals surface area (Å²) in [7, 11) is 0. The van der Waals surface area contributed by atoms with Gasteiger partial charge in [-0.3, -0.25) is 9.59 Å². The molecule has 2 heterocycles. The minimum Gasteiger partial charge on any atom is -0.494 e. The number of rotatable bonds is 5. The SMILES string of the molecule is CC1=C(C=O)C=CO/C1=C\O[C@H]1CC1CC1=COCC(=O)C1. The minimum atomic E-state index is 0.127. The van der Waals surface area contributed by atoms with Crippen molar-refractivity contribution in [1.29, 1.82) is 0 Å². The lowest BCUT2D eigenvalue weighted by molar-refractivity contribution is -0.122. The van der Waals surface area contributed by atoms with Crippen molar-refractivity contribution in [3.63, 3.8) is 0 Å². The lowest BCUT2D eigenvalue weighted by Gasteiger charge is -2.14. The van der Waals surface area contributed by atoms with E-state index in [-0.39, 0.29) is 18.5 Å². The largest absolute Gasteiger partial charge is 0.494 e. The second-order valence-corrected chi connectivity index (χ2v) is 5.78. The zero-order valence-electron chi connectivity index (χ0n) is 12.4. The van der Waals surface area contributed by atoms with Gasteiger partial charge in [-0.25, -0.2) is 0 Å². The van der Waals surface area contributed by atoms with Crippen molar-refractivity contribution in [2.75, 3.05) is 6.61 Å². The summed E-state index contributed by atoms with van der Waals surface area (Å²) in [6.07, 6.45) is 9.59. The van der Waals surface area contributed by atoms with Gasteiger partial charge in [0.25, 0.3) is 0 Å². The van der Waals surface area contributed by atoms with Crippen LogP contribution in [0.15, 0.2) is 47.3 Å². The van der Waals surface area contributed by atoms with Gasteiger partial charge in [-0.05, 0) is 31.4 Å². The van der Waals surface area contributed by atoms with Gasteiger partial charge in [0.15, 0.2) is 17.8 Å². The Morgan fingerprint density at radius 2 is 2.32 bits per heavy atom. The number of hydrogen-bond acceptors (Lipinski definition) is 5. The molecule has 22 heavy (non-hydrogen) atoms. The molecule has 1 aliphatic carbocycles. The highest BCUT2D eigenvalue weighted by Gasteiger charge is 2.39. The van der Waals surface area contributed by atoms with Crippen molar-refractivity contribution in [3.05, 3.63) is 47.3 Å².